The molecule has 1 N–H and O–H groups in total. The lowest BCUT2D eigenvalue weighted by atomic mass is 10.1. The van der Waals surface area contributed by atoms with Gasteiger partial charge < -0.3 is 14.8 Å². The molecule has 0 aliphatic carbocycles. The molecule has 0 radical (unpaired) electrons. The Bertz CT molecular complexity index is 643. The summed E-state index contributed by atoms with van der Waals surface area (Å²) in [5, 5.41) is 3.37. The Morgan fingerprint density at radius 3 is 2.62 bits per heavy atom. The Labute approximate surface area is 128 Å². The maximum Gasteiger partial charge on any atom is 0.251 e. The van der Waals surface area contributed by atoms with E-state index in [1.54, 1.807) is 44.6 Å². The number of amides is 1. The Hall–Kier alpha value is -2.20. The Morgan fingerprint density at radius 1 is 1.14 bits per heavy atom. The highest BCUT2D eigenvalue weighted by atomic mass is 35.5. The number of ether oxygens (including phenoxy) is 2. The molecule has 110 valence electrons. The first-order valence-electron chi connectivity index (χ1n) is 6.38. The highest BCUT2D eigenvalue weighted by Crippen LogP contribution is 2.24. The van der Waals surface area contributed by atoms with E-state index in [0.717, 1.165) is 5.56 Å². The quantitative estimate of drug-likeness (QED) is 0.922. The second-order valence-corrected chi connectivity index (χ2v) is 4.81. The summed E-state index contributed by atoms with van der Waals surface area (Å²) >= 11 is 5.87. The van der Waals surface area contributed by atoms with Gasteiger partial charge in [0.2, 0.25) is 0 Å². The zero-order valence-corrected chi connectivity index (χ0v) is 12.6. The number of halogens is 1. The molecule has 0 spiro atoms. The summed E-state index contributed by atoms with van der Waals surface area (Å²) in [7, 11) is 3.17. The van der Waals surface area contributed by atoms with E-state index >= 15 is 0 Å². The van der Waals surface area contributed by atoms with Crippen LogP contribution in [0.3, 0.4) is 0 Å². The molecule has 0 saturated heterocycles. The molecule has 0 heterocycles. The molecule has 4 nitrogen and oxygen atoms in total. The van der Waals surface area contributed by atoms with Gasteiger partial charge in [0.15, 0.2) is 0 Å². The topological polar surface area (TPSA) is 47.6 Å². The van der Waals surface area contributed by atoms with Crippen molar-refractivity contribution in [3.63, 3.8) is 0 Å². The van der Waals surface area contributed by atoms with Gasteiger partial charge in [-0.1, -0.05) is 17.7 Å². The molecule has 0 atom stereocenters. The van der Waals surface area contributed by atoms with Gasteiger partial charge in [-0.25, -0.2) is 0 Å². The zero-order chi connectivity index (χ0) is 15.2. The number of hydrogen-bond acceptors (Lipinski definition) is 3. The summed E-state index contributed by atoms with van der Waals surface area (Å²) in [5.41, 5.74) is 1.39. The molecule has 0 aromatic heterocycles. The van der Waals surface area contributed by atoms with Crippen molar-refractivity contribution in [1.29, 1.82) is 0 Å². The van der Waals surface area contributed by atoms with E-state index < -0.39 is 0 Å². The standard InChI is InChI=1S/C16H16ClNO3/c1-20-14-7-6-12(15(9-14)21-2)10-18-16(19)11-4-3-5-13(17)8-11/h3-9H,10H2,1-2H3,(H,18,19). The number of nitrogens with one attached hydrogen (secondary N) is 1. The molecule has 21 heavy (non-hydrogen) atoms. The normalized spacial score (nSPS) is 10.0. The Morgan fingerprint density at radius 2 is 1.95 bits per heavy atom. The van der Waals surface area contributed by atoms with Gasteiger partial charge in [0, 0.05) is 28.8 Å². The lowest BCUT2D eigenvalue weighted by Crippen LogP contribution is -2.23. The third kappa shape index (κ3) is 3.89. The van der Waals surface area contributed by atoms with E-state index in [9.17, 15) is 4.79 Å². The molecular weight excluding hydrogens is 290 g/mol. The van der Waals surface area contributed by atoms with Crippen LogP contribution in [0.1, 0.15) is 15.9 Å². The molecule has 0 aliphatic heterocycles. The third-order valence-corrected chi connectivity index (χ3v) is 3.26. The average molecular weight is 306 g/mol. The first-order chi connectivity index (χ1) is 10.1. The summed E-state index contributed by atoms with van der Waals surface area (Å²) in [5.74, 6) is 1.19. The van der Waals surface area contributed by atoms with Crippen molar-refractivity contribution in [2.45, 2.75) is 6.54 Å². The summed E-state index contributed by atoms with van der Waals surface area (Å²) < 4.78 is 10.4. The molecule has 5 heteroatoms. The van der Waals surface area contributed by atoms with Crippen LogP contribution in [0, 0.1) is 0 Å². The smallest absolute Gasteiger partial charge is 0.251 e. The van der Waals surface area contributed by atoms with Crippen LogP contribution in [0.5, 0.6) is 11.5 Å². The van der Waals surface area contributed by atoms with Crippen molar-refractivity contribution in [1.82, 2.24) is 5.32 Å². The number of carbonyl (C=O) groups excluding carboxylic acids is 1. The minimum atomic E-state index is -0.185. The van der Waals surface area contributed by atoms with Crippen LogP contribution in [-0.2, 0) is 6.54 Å². The first kappa shape index (κ1) is 15.2. The first-order valence-corrected chi connectivity index (χ1v) is 6.76. The molecule has 2 aromatic rings. The van der Waals surface area contributed by atoms with Crippen molar-refractivity contribution in [3.8, 4) is 11.5 Å². The minimum Gasteiger partial charge on any atom is -0.497 e. The fraction of sp³-hybridized carbons (Fsp3) is 0.188. The van der Waals surface area contributed by atoms with Crippen molar-refractivity contribution >= 4 is 17.5 Å². The number of methoxy groups -OCH3 is 2. The summed E-state index contributed by atoms with van der Waals surface area (Å²) in [6.45, 7) is 0.360. The fourth-order valence-electron chi connectivity index (χ4n) is 1.91. The number of benzene rings is 2. The second-order valence-electron chi connectivity index (χ2n) is 4.37. The van der Waals surface area contributed by atoms with Crippen LogP contribution in [0.2, 0.25) is 5.02 Å². The molecule has 0 aliphatic rings. The number of carbonyl (C=O) groups is 1. The van der Waals surface area contributed by atoms with E-state index in [2.05, 4.69) is 5.32 Å². The van der Waals surface area contributed by atoms with Crippen molar-refractivity contribution in [2.75, 3.05) is 14.2 Å². The van der Waals surface area contributed by atoms with E-state index in [-0.39, 0.29) is 5.91 Å². The molecule has 2 aromatic carbocycles. The Kier molecular flexibility index (Phi) is 5.06. The van der Waals surface area contributed by atoms with Gasteiger partial charge in [-0.05, 0) is 30.3 Å². The summed E-state index contributed by atoms with van der Waals surface area (Å²) in [6.07, 6.45) is 0. The van der Waals surface area contributed by atoms with Crippen LogP contribution >= 0.6 is 11.6 Å². The number of rotatable bonds is 5. The molecule has 0 saturated carbocycles. The van der Waals surface area contributed by atoms with Gasteiger partial charge in [0.1, 0.15) is 11.5 Å². The lowest BCUT2D eigenvalue weighted by molar-refractivity contribution is 0.0950. The minimum absolute atomic E-state index is 0.185. The lowest BCUT2D eigenvalue weighted by Gasteiger charge is -2.11. The van der Waals surface area contributed by atoms with Gasteiger partial charge in [0.05, 0.1) is 14.2 Å². The highest BCUT2D eigenvalue weighted by molar-refractivity contribution is 6.30. The molecule has 0 unspecified atom stereocenters. The second kappa shape index (κ2) is 6.99. The van der Waals surface area contributed by atoms with E-state index in [4.69, 9.17) is 21.1 Å². The van der Waals surface area contributed by atoms with Gasteiger partial charge in [-0.15, -0.1) is 0 Å². The van der Waals surface area contributed by atoms with Crippen LogP contribution < -0.4 is 14.8 Å². The van der Waals surface area contributed by atoms with Crippen LogP contribution in [-0.4, -0.2) is 20.1 Å². The molecule has 1 amide bonds. The number of hydrogen-bond donors (Lipinski definition) is 1. The fourth-order valence-corrected chi connectivity index (χ4v) is 2.10. The van der Waals surface area contributed by atoms with Crippen molar-refractivity contribution in [3.05, 3.63) is 58.6 Å². The van der Waals surface area contributed by atoms with Gasteiger partial charge in [0.25, 0.3) is 5.91 Å². The van der Waals surface area contributed by atoms with Gasteiger partial charge in [-0.3, -0.25) is 4.79 Å². The van der Waals surface area contributed by atoms with E-state index in [0.29, 0.717) is 28.6 Å². The predicted octanol–water partition coefficient (Wildman–Crippen LogP) is 3.29. The van der Waals surface area contributed by atoms with Crippen LogP contribution in [0.25, 0.3) is 0 Å². The van der Waals surface area contributed by atoms with E-state index in [1.165, 1.54) is 0 Å². The van der Waals surface area contributed by atoms with Crippen LogP contribution in [0.4, 0.5) is 0 Å². The SMILES string of the molecule is COc1ccc(CNC(=O)c2cccc(Cl)c2)c(OC)c1. The van der Waals surface area contributed by atoms with Gasteiger partial charge >= 0.3 is 0 Å². The monoisotopic (exact) mass is 305 g/mol. The van der Waals surface area contributed by atoms with E-state index in [1.807, 2.05) is 12.1 Å². The highest BCUT2D eigenvalue weighted by Gasteiger charge is 2.09. The largest absolute Gasteiger partial charge is 0.497 e. The van der Waals surface area contributed by atoms with Crippen LogP contribution in [0.15, 0.2) is 42.5 Å². The summed E-state index contributed by atoms with van der Waals surface area (Å²) in [6, 6.07) is 12.3. The Balaban J connectivity index is 2.07. The van der Waals surface area contributed by atoms with Crippen molar-refractivity contribution in [2.24, 2.45) is 0 Å². The molecule has 0 fully saturated rings. The molecular formula is C16H16ClNO3. The third-order valence-electron chi connectivity index (χ3n) is 3.02. The summed E-state index contributed by atoms with van der Waals surface area (Å²) in [4.78, 5) is 12.1. The van der Waals surface area contributed by atoms with Crippen molar-refractivity contribution < 1.29 is 14.3 Å². The molecule has 0 bridgehead atoms. The zero-order valence-electron chi connectivity index (χ0n) is 11.9. The predicted molar refractivity (Wildman–Crippen MR) is 82.2 cm³/mol. The average Bonchev–Trinajstić information content (AvgIpc) is 2.52. The molecule has 2 rings (SSSR count). The maximum atomic E-state index is 12.1. The maximum absolute atomic E-state index is 12.1. The van der Waals surface area contributed by atoms with Gasteiger partial charge in [-0.2, -0.15) is 0 Å².